The standard InChI is InChI=1S/C17H14N4O2/c1-22-14-8-7-11(9-15(14)23-2)16-17-18-10-12-5-3-4-6-13(12)21(17)20-19-16/h3-10H,1-2H3. The van der Waals surface area contributed by atoms with Gasteiger partial charge in [-0.25, -0.2) is 4.98 Å². The summed E-state index contributed by atoms with van der Waals surface area (Å²) in [5.41, 5.74) is 3.25. The van der Waals surface area contributed by atoms with Gasteiger partial charge in [0.1, 0.15) is 5.69 Å². The fourth-order valence-corrected chi connectivity index (χ4v) is 2.65. The number of aromatic nitrogens is 4. The van der Waals surface area contributed by atoms with Crippen LogP contribution in [0, 0.1) is 0 Å². The maximum atomic E-state index is 5.36. The topological polar surface area (TPSA) is 61.5 Å². The summed E-state index contributed by atoms with van der Waals surface area (Å²) in [5.74, 6) is 1.32. The van der Waals surface area contributed by atoms with Crippen molar-refractivity contribution in [2.75, 3.05) is 14.2 Å². The first-order valence-corrected chi connectivity index (χ1v) is 7.13. The molecule has 4 aromatic rings. The van der Waals surface area contributed by atoms with E-state index >= 15 is 0 Å². The normalized spacial score (nSPS) is 11.0. The molecule has 23 heavy (non-hydrogen) atoms. The molecule has 0 atom stereocenters. The van der Waals surface area contributed by atoms with Crippen molar-refractivity contribution in [2.45, 2.75) is 0 Å². The second-order valence-corrected chi connectivity index (χ2v) is 5.06. The van der Waals surface area contributed by atoms with Gasteiger partial charge in [0.2, 0.25) is 0 Å². The van der Waals surface area contributed by atoms with Crippen LogP contribution in [0.3, 0.4) is 0 Å². The Hall–Kier alpha value is -3.15. The van der Waals surface area contributed by atoms with Crippen molar-refractivity contribution in [3.63, 3.8) is 0 Å². The van der Waals surface area contributed by atoms with Crippen LogP contribution in [-0.2, 0) is 0 Å². The minimum atomic E-state index is 0.645. The molecule has 0 saturated heterocycles. The number of hydrogen-bond acceptors (Lipinski definition) is 5. The van der Waals surface area contributed by atoms with Crippen LogP contribution in [0.5, 0.6) is 11.5 Å². The van der Waals surface area contributed by atoms with Gasteiger partial charge >= 0.3 is 0 Å². The molecule has 114 valence electrons. The van der Waals surface area contributed by atoms with Crippen LogP contribution in [0.15, 0.2) is 48.7 Å². The lowest BCUT2D eigenvalue weighted by Crippen LogP contribution is -1.93. The minimum absolute atomic E-state index is 0.645. The zero-order valence-electron chi connectivity index (χ0n) is 12.7. The summed E-state index contributed by atoms with van der Waals surface area (Å²) >= 11 is 0. The molecule has 6 nitrogen and oxygen atoms in total. The average Bonchev–Trinajstić information content (AvgIpc) is 3.05. The van der Waals surface area contributed by atoms with Gasteiger partial charge in [0, 0.05) is 17.1 Å². The largest absolute Gasteiger partial charge is 0.493 e. The number of benzene rings is 2. The maximum Gasteiger partial charge on any atom is 0.184 e. The van der Waals surface area contributed by atoms with Crippen molar-refractivity contribution >= 4 is 16.6 Å². The van der Waals surface area contributed by atoms with E-state index < -0.39 is 0 Å². The Balaban J connectivity index is 1.94. The molecular formula is C17H14N4O2. The minimum Gasteiger partial charge on any atom is -0.493 e. The summed E-state index contributed by atoms with van der Waals surface area (Å²) in [6.07, 6.45) is 1.83. The summed E-state index contributed by atoms with van der Waals surface area (Å²) in [6.45, 7) is 0. The van der Waals surface area contributed by atoms with Crippen LogP contribution in [0.2, 0.25) is 0 Å². The second-order valence-electron chi connectivity index (χ2n) is 5.06. The monoisotopic (exact) mass is 306 g/mol. The summed E-state index contributed by atoms with van der Waals surface area (Å²) in [5, 5.41) is 9.57. The fraction of sp³-hybridized carbons (Fsp3) is 0.118. The van der Waals surface area contributed by atoms with Crippen LogP contribution in [-0.4, -0.2) is 34.0 Å². The van der Waals surface area contributed by atoms with Gasteiger partial charge in [0.15, 0.2) is 17.1 Å². The third-order valence-corrected chi connectivity index (χ3v) is 3.79. The summed E-state index contributed by atoms with van der Waals surface area (Å²) in [7, 11) is 3.22. The predicted octanol–water partition coefficient (Wildman–Crippen LogP) is 2.96. The molecule has 0 spiro atoms. The first-order chi connectivity index (χ1) is 11.3. The van der Waals surface area contributed by atoms with Crippen molar-refractivity contribution in [1.82, 2.24) is 19.8 Å². The van der Waals surface area contributed by atoms with Crippen LogP contribution < -0.4 is 9.47 Å². The van der Waals surface area contributed by atoms with E-state index in [0.717, 1.165) is 16.5 Å². The van der Waals surface area contributed by atoms with E-state index in [1.807, 2.05) is 48.7 Å². The average molecular weight is 306 g/mol. The Morgan fingerprint density at radius 2 is 1.78 bits per heavy atom. The van der Waals surface area contributed by atoms with E-state index in [2.05, 4.69) is 15.3 Å². The Morgan fingerprint density at radius 1 is 0.957 bits per heavy atom. The van der Waals surface area contributed by atoms with E-state index in [4.69, 9.17) is 9.47 Å². The maximum absolute atomic E-state index is 5.36. The van der Waals surface area contributed by atoms with E-state index in [-0.39, 0.29) is 0 Å². The van der Waals surface area contributed by atoms with E-state index in [1.54, 1.807) is 18.7 Å². The summed E-state index contributed by atoms with van der Waals surface area (Å²) in [6, 6.07) is 13.6. The molecular weight excluding hydrogens is 292 g/mol. The first-order valence-electron chi connectivity index (χ1n) is 7.13. The third kappa shape index (κ3) is 2.07. The molecule has 0 aliphatic rings. The van der Waals surface area contributed by atoms with Gasteiger partial charge in [-0.05, 0) is 24.3 Å². The number of hydrogen-bond donors (Lipinski definition) is 0. The Kier molecular flexibility index (Phi) is 3.08. The van der Waals surface area contributed by atoms with Crippen molar-refractivity contribution in [3.8, 4) is 22.8 Å². The summed E-state index contributed by atoms with van der Waals surface area (Å²) in [4.78, 5) is 4.51. The Morgan fingerprint density at radius 3 is 2.61 bits per heavy atom. The van der Waals surface area contributed by atoms with Crippen LogP contribution in [0.4, 0.5) is 0 Å². The molecule has 2 heterocycles. The van der Waals surface area contributed by atoms with Gasteiger partial charge in [0.25, 0.3) is 0 Å². The molecule has 0 saturated carbocycles. The molecule has 0 fully saturated rings. The number of methoxy groups -OCH3 is 2. The van der Waals surface area contributed by atoms with E-state index in [9.17, 15) is 0 Å². The smallest absolute Gasteiger partial charge is 0.184 e. The SMILES string of the molecule is COc1ccc(-c2nnn3c2ncc2ccccc23)cc1OC. The van der Waals surface area contributed by atoms with Gasteiger partial charge in [-0.1, -0.05) is 23.4 Å². The highest BCUT2D eigenvalue weighted by Gasteiger charge is 2.14. The molecule has 0 radical (unpaired) electrons. The molecule has 4 rings (SSSR count). The highest BCUT2D eigenvalue weighted by atomic mass is 16.5. The fourth-order valence-electron chi connectivity index (χ4n) is 2.65. The number of rotatable bonds is 3. The lowest BCUT2D eigenvalue weighted by molar-refractivity contribution is 0.355. The first kappa shape index (κ1) is 13.5. The van der Waals surface area contributed by atoms with E-state index in [0.29, 0.717) is 22.8 Å². The lowest BCUT2D eigenvalue weighted by atomic mass is 10.1. The van der Waals surface area contributed by atoms with Crippen LogP contribution in [0.1, 0.15) is 0 Å². The van der Waals surface area contributed by atoms with Crippen LogP contribution in [0.25, 0.3) is 27.8 Å². The van der Waals surface area contributed by atoms with Crippen molar-refractivity contribution < 1.29 is 9.47 Å². The quantitative estimate of drug-likeness (QED) is 0.582. The molecule has 2 aromatic carbocycles. The van der Waals surface area contributed by atoms with Gasteiger partial charge in [-0.2, -0.15) is 4.52 Å². The number of ether oxygens (including phenoxy) is 2. The van der Waals surface area contributed by atoms with Crippen molar-refractivity contribution in [2.24, 2.45) is 0 Å². The molecule has 0 unspecified atom stereocenters. The molecule has 0 N–H and O–H groups in total. The number of fused-ring (bicyclic) bond motifs is 3. The zero-order valence-corrected chi connectivity index (χ0v) is 12.7. The number of nitrogens with zero attached hydrogens (tertiary/aromatic N) is 4. The molecule has 2 aromatic heterocycles. The zero-order chi connectivity index (χ0) is 15.8. The van der Waals surface area contributed by atoms with Gasteiger partial charge in [-0.3, -0.25) is 0 Å². The predicted molar refractivity (Wildman–Crippen MR) is 86.8 cm³/mol. The molecule has 0 amide bonds. The Bertz CT molecular complexity index is 1010. The molecule has 6 heteroatoms. The number of para-hydroxylation sites is 1. The highest BCUT2D eigenvalue weighted by molar-refractivity contribution is 5.84. The second kappa shape index (κ2) is 5.24. The van der Waals surface area contributed by atoms with Crippen molar-refractivity contribution in [3.05, 3.63) is 48.7 Å². The highest BCUT2D eigenvalue weighted by Crippen LogP contribution is 2.33. The van der Waals surface area contributed by atoms with Crippen molar-refractivity contribution in [1.29, 1.82) is 0 Å². The molecule has 0 aliphatic carbocycles. The van der Waals surface area contributed by atoms with Crippen LogP contribution >= 0.6 is 0 Å². The van der Waals surface area contributed by atoms with Gasteiger partial charge in [-0.15, -0.1) is 5.10 Å². The molecule has 0 aliphatic heterocycles. The summed E-state index contributed by atoms with van der Waals surface area (Å²) < 4.78 is 12.4. The third-order valence-electron chi connectivity index (χ3n) is 3.79. The Labute approximate surface area is 132 Å². The van der Waals surface area contributed by atoms with Gasteiger partial charge in [0.05, 0.1) is 19.7 Å². The van der Waals surface area contributed by atoms with Gasteiger partial charge < -0.3 is 9.47 Å². The lowest BCUT2D eigenvalue weighted by Gasteiger charge is -2.08. The van der Waals surface area contributed by atoms with E-state index in [1.165, 1.54) is 0 Å². The molecule has 0 bridgehead atoms.